The molecule has 0 aliphatic carbocycles. The zero-order chi connectivity index (χ0) is 12.0. The van der Waals surface area contributed by atoms with Crippen molar-refractivity contribution < 1.29 is 18.3 Å². The van der Waals surface area contributed by atoms with Crippen LogP contribution in [0.2, 0.25) is 0 Å². The van der Waals surface area contributed by atoms with E-state index in [2.05, 4.69) is 5.10 Å². The number of nitrogens with zero attached hydrogens (tertiary/aromatic N) is 2. The van der Waals surface area contributed by atoms with Crippen LogP contribution >= 0.6 is 0 Å². The first-order valence-corrected chi connectivity index (χ1v) is 4.80. The Kier molecular flexibility index (Phi) is 2.27. The maximum absolute atomic E-state index is 13.3. The van der Waals surface area contributed by atoms with Crippen LogP contribution in [0.4, 0.5) is 8.78 Å². The van der Waals surface area contributed by atoms with Gasteiger partial charge in [0, 0.05) is 14.0 Å². The van der Waals surface area contributed by atoms with Crippen molar-refractivity contribution in [3.8, 4) is 0 Å². The molecule has 0 amide bonds. The smallest absolute Gasteiger partial charge is 0.293 e. The number of furan rings is 1. The zero-order valence-electron chi connectivity index (χ0n) is 8.94. The van der Waals surface area contributed by atoms with Gasteiger partial charge < -0.3 is 9.52 Å². The van der Waals surface area contributed by atoms with Crippen LogP contribution in [-0.2, 0) is 0 Å². The molecule has 6 heteroatoms. The summed E-state index contributed by atoms with van der Waals surface area (Å²) in [6, 6.07) is 3.26. The molecule has 1 aromatic rings. The Morgan fingerprint density at radius 2 is 2.31 bits per heavy atom. The molecule has 4 nitrogen and oxygen atoms in total. The van der Waals surface area contributed by atoms with Gasteiger partial charge in [0.05, 0.1) is 12.7 Å². The fourth-order valence-corrected chi connectivity index (χ4v) is 1.67. The minimum Gasteiger partial charge on any atom is -0.463 e. The lowest BCUT2D eigenvalue weighted by atomic mass is 10.00. The van der Waals surface area contributed by atoms with Crippen LogP contribution in [0.25, 0.3) is 0 Å². The Labute approximate surface area is 91.2 Å². The highest BCUT2D eigenvalue weighted by Gasteiger charge is 2.56. The SMILES string of the molecule is CN1N=C(c2ccco2)CC1(O)C(C)(F)F. The van der Waals surface area contributed by atoms with Crippen LogP contribution in [-0.4, -0.2) is 34.5 Å². The lowest BCUT2D eigenvalue weighted by Crippen LogP contribution is -2.54. The number of halogens is 2. The maximum atomic E-state index is 13.3. The summed E-state index contributed by atoms with van der Waals surface area (Å²) in [4.78, 5) is 0. The lowest BCUT2D eigenvalue weighted by Gasteiger charge is -2.34. The molecular formula is C10H12F2N2O2. The van der Waals surface area contributed by atoms with Crippen molar-refractivity contribution in [1.29, 1.82) is 0 Å². The van der Waals surface area contributed by atoms with E-state index < -0.39 is 11.6 Å². The van der Waals surface area contributed by atoms with Crippen molar-refractivity contribution >= 4 is 5.71 Å². The van der Waals surface area contributed by atoms with Gasteiger partial charge in [-0.25, -0.2) is 8.78 Å². The molecule has 2 rings (SSSR count). The second-order valence-corrected chi connectivity index (χ2v) is 3.93. The van der Waals surface area contributed by atoms with Gasteiger partial charge in [0.25, 0.3) is 5.92 Å². The molecule has 1 atom stereocenters. The Hall–Kier alpha value is -1.43. The summed E-state index contributed by atoms with van der Waals surface area (Å²) in [5.74, 6) is -2.87. The second-order valence-electron chi connectivity index (χ2n) is 3.93. The van der Waals surface area contributed by atoms with Crippen molar-refractivity contribution in [2.75, 3.05) is 7.05 Å². The van der Waals surface area contributed by atoms with Crippen molar-refractivity contribution in [2.24, 2.45) is 5.10 Å². The third-order valence-corrected chi connectivity index (χ3v) is 2.73. The summed E-state index contributed by atoms with van der Waals surface area (Å²) in [6.45, 7) is 0.671. The molecule has 0 saturated heterocycles. The number of rotatable bonds is 2. The number of hydrogen-bond donors (Lipinski definition) is 1. The average molecular weight is 230 g/mol. The first-order valence-electron chi connectivity index (χ1n) is 4.80. The molecule has 0 spiro atoms. The van der Waals surface area contributed by atoms with Crippen molar-refractivity contribution in [3.05, 3.63) is 24.2 Å². The minimum atomic E-state index is -3.26. The zero-order valence-corrected chi connectivity index (χ0v) is 8.94. The van der Waals surface area contributed by atoms with Gasteiger partial charge in [-0.15, -0.1) is 0 Å². The molecule has 88 valence electrons. The number of alkyl halides is 2. The minimum absolute atomic E-state index is 0.263. The van der Waals surface area contributed by atoms with E-state index in [0.29, 0.717) is 18.4 Å². The fraction of sp³-hybridized carbons (Fsp3) is 0.500. The number of hydrazone groups is 1. The molecule has 0 saturated carbocycles. The van der Waals surface area contributed by atoms with Crippen LogP contribution in [0.5, 0.6) is 0 Å². The van der Waals surface area contributed by atoms with E-state index in [0.717, 1.165) is 5.01 Å². The highest BCUT2D eigenvalue weighted by atomic mass is 19.3. The van der Waals surface area contributed by atoms with Crippen LogP contribution in [0, 0.1) is 0 Å². The first kappa shape index (κ1) is 11.1. The molecule has 1 unspecified atom stereocenters. The molecule has 0 aromatic carbocycles. The summed E-state index contributed by atoms with van der Waals surface area (Å²) >= 11 is 0. The quantitative estimate of drug-likeness (QED) is 0.840. The second kappa shape index (κ2) is 3.28. The van der Waals surface area contributed by atoms with E-state index in [1.54, 1.807) is 12.1 Å². The average Bonchev–Trinajstić information content (AvgIpc) is 2.74. The van der Waals surface area contributed by atoms with Crippen molar-refractivity contribution in [2.45, 2.75) is 25.0 Å². The van der Waals surface area contributed by atoms with E-state index in [4.69, 9.17) is 4.42 Å². The Morgan fingerprint density at radius 3 is 2.75 bits per heavy atom. The van der Waals surface area contributed by atoms with Gasteiger partial charge >= 0.3 is 0 Å². The number of hydrogen-bond acceptors (Lipinski definition) is 4. The summed E-state index contributed by atoms with van der Waals surface area (Å²) < 4.78 is 31.6. The molecule has 0 bridgehead atoms. The summed E-state index contributed by atoms with van der Waals surface area (Å²) in [5.41, 5.74) is -1.97. The molecule has 2 heterocycles. The maximum Gasteiger partial charge on any atom is 0.293 e. The monoisotopic (exact) mass is 230 g/mol. The molecule has 1 aliphatic heterocycles. The molecule has 1 aliphatic rings. The van der Waals surface area contributed by atoms with E-state index in [1.165, 1.54) is 13.3 Å². The molecule has 16 heavy (non-hydrogen) atoms. The van der Waals surface area contributed by atoms with Gasteiger partial charge in [0.15, 0.2) is 0 Å². The van der Waals surface area contributed by atoms with Gasteiger partial charge in [-0.3, -0.25) is 5.01 Å². The molecule has 0 radical (unpaired) electrons. The predicted octanol–water partition coefficient (Wildman–Crippen LogP) is 1.66. The third-order valence-electron chi connectivity index (χ3n) is 2.73. The molecule has 1 N–H and O–H groups in total. The fourth-order valence-electron chi connectivity index (χ4n) is 1.67. The van der Waals surface area contributed by atoms with Gasteiger partial charge in [-0.2, -0.15) is 5.10 Å². The van der Waals surface area contributed by atoms with E-state index in [-0.39, 0.29) is 6.42 Å². The Bertz CT molecular complexity index is 411. The predicted molar refractivity (Wildman–Crippen MR) is 53.2 cm³/mol. The van der Waals surface area contributed by atoms with Gasteiger partial charge in [-0.05, 0) is 12.1 Å². The summed E-state index contributed by atoms with van der Waals surface area (Å²) in [6.07, 6.45) is 1.17. The number of aliphatic hydroxyl groups is 1. The molecule has 1 aromatic heterocycles. The van der Waals surface area contributed by atoms with E-state index in [1.807, 2.05) is 0 Å². The topological polar surface area (TPSA) is 49.0 Å². The highest BCUT2D eigenvalue weighted by Crippen LogP contribution is 2.38. The largest absolute Gasteiger partial charge is 0.463 e. The van der Waals surface area contributed by atoms with Gasteiger partial charge in [0.1, 0.15) is 11.5 Å². The highest BCUT2D eigenvalue weighted by molar-refractivity contribution is 5.99. The van der Waals surface area contributed by atoms with Crippen LogP contribution in [0.15, 0.2) is 27.9 Å². The first-order chi connectivity index (χ1) is 7.34. The van der Waals surface area contributed by atoms with Gasteiger partial charge in [-0.1, -0.05) is 0 Å². The van der Waals surface area contributed by atoms with Crippen LogP contribution < -0.4 is 0 Å². The lowest BCUT2D eigenvalue weighted by molar-refractivity contribution is -0.230. The molecule has 0 fully saturated rings. The van der Waals surface area contributed by atoms with Crippen LogP contribution in [0.1, 0.15) is 19.1 Å². The van der Waals surface area contributed by atoms with Gasteiger partial charge in [0.2, 0.25) is 5.72 Å². The van der Waals surface area contributed by atoms with E-state index >= 15 is 0 Å². The third kappa shape index (κ3) is 1.49. The normalized spacial score (nSPS) is 26.1. The summed E-state index contributed by atoms with van der Waals surface area (Å²) in [7, 11) is 1.31. The standard InChI is InChI=1S/C10H12F2N2O2/c1-9(11,12)10(15)6-7(13-14(10)2)8-4-3-5-16-8/h3-5,15H,6H2,1-2H3. The van der Waals surface area contributed by atoms with Crippen molar-refractivity contribution in [3.63, 3.8) is 0 Å². The van der Waals surface area contributed by atoms with E-state index in [9.17, 15) is 13.9 Å². The van der Waals surface area contributed by atoms with Crippen molar-refractivity contribution in [1.82, 2.24) is 5.01 Å². The molecular weight excluding hydrogens is 218 g/mol. The summed E-state index contributed by atoms with van der Waals surface area (Å²) in [5, 5.41) is 14.6. The Balaban J connectivity index is 2.29. The van der Waals surface area contributed by atoms with Crippen LogP contribution in [0.3, 0.4) is 0 Å². The Morgan fingerprint density at radius 1 is 1.62 bits per heavy atom.